The summed E-state index contributed by atoms with van der Waals surface area (Å²) >= 11 is 0. The predicted molar refractivity (Wildman–Crippen MR) is 245 cm³/mol. The molecule has 0 radical (unpaired) electrons. The van der Waals surface area contributed by atoms with Gasteiger partial charge in [-0.1, -0.05) is 196 Å². The molecule has 0 fully saturated rings. The highest BCUT2D eigenvalue weighted by molar-refractivity contribution is 5.78. The minimum absolute atomic E-state index is 0.0544. The van der Waals surface area contributed by atoms with Gasteiger partial charge in [-0.15, -0.1) is 0 Å². The zero-order valence-corrected chi connectivity index (χ0v) is 36.9. The van der Waals surface area contributed by atoms with Gasteiger partial charge in [-0.3, -0.25) is 9.59 Å². The van der Waals surface area contributed by atoms with Gasteiger partial charge >= 0.3 is 5.97 Å². The fourth-order valence-electron chi connectivity index (χ4n) is 6.43. The molecule has 0 bridgehead atoms. The number of amides is 1. The number of aliphatic hydroxyl groups excluding tert-OH is 2. The van der Waals surface area contributed by atoms with Crippen molar-refractivity contribution in [2.45, 2.75) is 219 Å². The number of unbranched alkanes of at least 4 members (excludes halogenated alkanes) is 16. The molecule has 0 aliphatic rings. The summed E-state index contributed by atoms with van der Waals surface area (Å²) in [5, 5.41) is 23.6. The lowest BCUT2D eigenvalue weighted by Crippen LogP contribution is -2.46. The van der Waals surface area contributed by atoms with Crippen molar-refractivity contribution in [1.29, 1.82) is 0 Å². The molecule has 0 saturated carbocycles. The molecule has 0 spiro atoms. The van der Waals surface area contributed by atoms with E-state index in [0.29, 0.717) is 19.3 Å². The molecule has 326 valence electrons. The van der Waals surface area contributed by atoms with Crippen LogP contribution in [0.3, 0.4) is 0 Å². The molecule has 57 heavy (non-hydrogen) atoms. The van der Waals surface area contributed by atoms with E-state index < -0.39 is 18.2 Å². The summed E-state index contributed by atoms with van der Waals surface area (Å²) in [4.78, 5) is 25.9. The van der Waals surface area contributed by atoms with Crippen molar-refractivity contribution < 1.29 is 24.5 Å². The van der Waals surface area contributed by atoms with Crippen LogP contribution in [0.15, 0.2) is 85.1 Å². The fourth-order valence-corrected chi connectivity index (χ4v) is 6.43. The van der Waals surface area contributed by atoms with Crippen molar-refractivity contribution in [2.24, 2.45) is 0 Å². The number of allylic oxidation sites excluding steroid dienone is 13. The van der Waals surface area contributed by atoms with Gasteiger partial charge in [0.25, 0.3) is 0 Å². The third kappa shape index (κ3) is 39.6. The van der Waals surface area contributed by atoms with Crippen LogP contribution in [0.2, 0.25) is 0 Å². The van der Waals surface area contributed by atoms with Gasteiger partial charge in [-0.25, -0.2) is 0 Å². The molecule has 0 saturated heterocycles. The minimum Gasteiger partial charge on any atom is -0.458 e. The van der Waals surface area contributed by atoms with E-state index >= 15 is 0 Å². The van der Waals surface area contributed by atoms with Crippen LogP contribution < -0.4 is 5.32 Å². The van der Waals surface area contributed by atoms with Crippen LogP contribution in [-0.2, 0) is 14.3 Å². The molecule has 0 aromatic heterocycles. The maximum atomic E-state index is 13.1. The number of aliphatic hydroxyl groups is 2. The molecule has 0 heterocycles. The standard InChI is InChI=1S/C51H87NO5/c1-4-7-10-13-16-19-22-23-24-25-26-27-29-30-33-36-39-42-47(57-51(56)44-41-38-35-32-21-18-15-12-9-6-3)45-50(55)52-48(46-53)49(54)43-40-37-34-31-28-20-17-14-11-8-5-2/h7,10,12,15-16,19,23-24,26-27,30,33,39,42,47-49,53-54H,4-6,8-9,11,13-14,17-18,20-22,25,28-29,31-32,34-38,40-41,43-46H2,1-3H3,(H,52,55)/b10-7-,15-12-,19-16-,24-23-,27-26-,33-30-,42-39-. The minimum atomic E-state index is -0.822. The second-order valence-corrected chi connectivity index (χ2v) is 15.4. The number of carbonyl (C=O) groups is 2. The number of ether oxygens (including phenoxy) is 1. The summed E-state index contributed by atoms with van der Waals surface area (Å²) in [5.74, 6) is -0.651. The Labute approximate surface area is 351 Å². The third-order valence-corrected chi connectivity index (χ3v) is 9.93. The summed E-state index contributed by atoms with van der Waals surface area (Å²) in [6.45, 7) is 6.24. The van der Waals surface area contributed by atoms with Crippen LogP contribution in [0.4, 0.5) is 0 Å². The molecule has 1 amide bonds. The van der Waals surface area contributed by atoms with Crippen molar-refractivity contribution in [3.63, 3.8) is 0 Å². The quantitative estimate of drug-likeness (QED) is 0.0326. The van der Waals surface area contributed by atoms with Crippen LogP contribution in [-0.4, -0.2) is 46.9 Å². The highest BCUT2D eigenvalue weighted by Crippen LogP contribution is 2.15. The van der Waals surface area contributed by atoms with Crippen LogP contribution in [0.5, 0.6) is 0 Å². The Hall–Kier alpha value is -2.96. The number of esters is 1. The Kier molecular flexibility index (Phi) is 41.9. The van der Waals surface area contributed by atoms with Gasteiger partial charge < -0.3 is 20.3 Å². The molecule has 6 nitrogen and oxygen atoms in total. The Bertz CT molecular complexity index is 1120. The average molecular weight is 794 g/mol. The van der Waals surface area contributed by atoms with Gasteiger partial charge in [0.2, 0.25) is 5.91 Å². The van der Waals surface area contributed by atoms with Crippen LogP contribution in [0.25, 0.3) is 0 Å². The van der Waals surface area contributed by atoms with Gasteiger partial charge in [0.15, 0.2) is 0 Å². The zero-order chi connectivity index (χ0) is 41.7. The molecule has 0 aromatic rings. The average Bonchev–Trinajstić information content (AvgIpc) is 3.20. The van der Waals surface area contributed by atoms with Gasteiger partial charge in [0.1, 0.15) is 6.10 Å². The first-order chi connectivity index (χ1) is 28.0. The molecule has 3 unspecified atom stereocenters. The summed E-state index contributed by atoms with van der Waals surface area (Å²) in [5.41, 5.74) is 0. The molecule has 6 heteroatoms. The largest absolute Gasteiger partial charge is 0.458 e. The van der Waals surface area contributed by atoms with E-state index in [0.717, 1.165) is 89.9 Å². The fraction of sp³-hybridized carbons (Fsp3) is 0.686. The normalized spacial score (nSPS) is 14.1. The Balaban J connectivity index is 4.82. The monoisotopic (exact) mass is 794 g/mol. The molecular formula is C51H87NO5. The van der Waals surface area contributed by atoms with Crippen LogP contribution >= 0.6 is 0 Å². The lowest BCUT2D eigenvalue weighted by molar-refractivity contribution is -0.148. The summed E-state index contributed by atoms with van der Waals surface area (Å²) in [7, 11) is 0. The lowest BCUT2D eigenvalue weighted by Gasteiger charge is -2.23. The lowest BCUT2D eigenvalue weighted by atomic mass is 10.0. The van der Waals surface area contributed by atoms with Crippen LogP contribution in [0, 0.1) is 0 Å². The SMILES string of the molecule is CC/C=C\C/C=C\C/C=C\C/C=C\C/C=C\C/C=C\C(CC(=O)NC(CO)C(O)CCCCCCCCCCCCC)OC(=O)CCCCCCC/C=C\CCC. The number of rotatable bonds is 40. The summed E-state index contributed by atoms with van der Waals surface area (Å²) in [6, 6.07) is -0.746. The first-order valence-corrected chi connectivity index (χ1v) is 23.3. The number of nitrogens with one attached hydrogen (secondary N) is 1. The van der Waals surface area contributed by atoms with E-state index in [-0.39, 0.29) is 24.9 Å². The van der Waals surface area contributed by atoms with Crippen molar-refractivity contribution in [1.82, 2.24) is 5.32 Å². The Morgan fingerprint density at radius 3 is 1.54 bits per heavy atom. The topological polar surface area (TPSA) is 95.9 Å². The number of hydrogen-bond donors (Lipinski definition) is 3. The maximum absolute atomic E-state index is 13.1. The van der Waals surface area contributed by atoms with Gasteiger partial charge in [-0.05, 0) is 76.7 Å². The number of carbonyl (C=O) groups excluding carboxylic acids is 2. The summed E-state index contributed by atoms with van der Waals surface area (Å²) in [6.07, 6.45) is 56.7. The number of hydrogen-bond acceptors (Lipinski definition) is 5. The highest BCUT2D eigenvalue weighted by atomic mass is 16.5. The van der Waals surface area contributed by atoms with Crippen molar-refractivity contribution in [2.75, 3.05) is 6.61 Å². The third-order valence-electron chi connectivity index (χ3n) is 9.93. The smallest absolute Gasteiger partial charge is 0.306 e. The van der Waals surface area contributed by atoms with Gasteiger partial charge in [0.05, 0.1) is 25.2 Å². The molecule has 0 rings (SSSR count). The van der Waals surface area contributed by atoms with Crippen molar-refractivity contribution in [3.8, 4) is 0 Å². The van der Waals surface area contributed by atoms with Crippen molar-refractivity contribution >= 4 is 11.9 Å². The molecule has 0 aliphatic heterocycles. The van der Waals surface area contributed by atoms with E-state index in [4.69, 9.17) is 4.74 Å². The van der Waals surface area contributed by atoms with E-state index in [9.17, 15) is 19.8 Å². The van der Waals surface area contributed by atoms with E-state index in [2.05, 4.69) is 99.0 Å². The van der Waals surface area contributed by atoms with E-state index in [1.807, 2.05) is 6.08 Å². The molecular weight excluding hydrogens is 707 g/mol. The maximum Gasteiger partial charge on any atom is 0.306 e. The second kappa shape index (κ2) is 44.1. The van der Waals surface area contributed by atoms with Crippen molar-refractivity contribution in [3.05, 3.63) is 85.1 Å². The van der Waals surface area contributed by atoms with Crippen LogP contribution in [0.1, 0.15) is 201 Å². The zero-order valence-electron chi connectivity index (χ0n) is 36.9. The molecule has 3 atom stereocenters. The van der Waals surface area contributed by atoms with E-state index in [1.165, 1.54) is 64.2 Å². The molecule has 0 aromatic carbocycles. The van der Waals surface area contributed by atoms with Gasteiger partial charge in [0, 0.05) is 6.42 Å². The van der Waals surface area contributed by atoms with Gasteiger partial charge in [-0.2, -0.15) is 0 Å². The Morgan fingerprint density at radius 1 is 0.544 bits per heavy atom. The predicted octanol–water partition coefficient (Wildman–Crippen LogP) is 13.6. The first-order valence-electron chi connectivity index (χ1n) is 23.3. The van der Waals surface area contributed by atoms with E-state index in [1.54, 1.807) is 6.08 Å². The summed E-state index contributed by atoms with van der Waals surface area (Å²) < 4.78 is 5.78. The second-order valence-electron chi connectivity index (χ2n) is 15.4. The Morgan fingerprint density at radius 2 is 1.02 bits per heavy atom. The highest BCUT2D eigenvalue weighted by Gasteiger charge is 2.23. The first kappa shape index (κ1) is 54.0. The molecule has 3 N–H and O–H groups in total. The molecule has 0 aliphatic carbocycles.